The number of nitrogens with one attached hydrogen (secondary N) is 1. The molecule has 3 N–H and O–H groups in total. The molecule has 1 aliphatic heterocycles. The van der Waals surface area contributed by atoms with Crippen LogP contribution in [0.5, 0.6) is 0 Å². The van der Waals surface area contributed by atoms with Crippen LogP contribution in [-0.4, -0.2) is 52.9 Å². The molecule has 1 aliphatic rings. The Bertz CT molecular complexity index is 587. The van der Waals surface area contributed by atoms with Gasteiger partial charge in [-0.1, -0.05) is 6.07 Å². The zero-order valence-electron chi connectivity index (χ0n) is 11.6. The molecule has 9 heteroatoms. The number of nitrogens with zero attached hydrogens (tertiary/aromatic N) is 1. The average Bonchev–Trinajstić information content (AvgIpc) is 2.97. The smallest absolute Gasteiger partial charge is 0.426 e. The van der Waals surface area contributed by atoms with Gasteiger partial charge in [-0.2, -0.15) is 0 Å². The van der Waals surface area contributed by atoms with Crippen LogP contribution in [0.4, 0.5) is 4.39 Å². The molecule has 1 heterocycles. The van der Waals surface area contributed by atoms with Crippen molar-refractivity contribution in [2.75, 3.05) is 13.1 Å². The van der Waals surface area contributed by atoms with Gasteiger partial charge in [0.25, 0.3) is 5.91 Å². The summed E-state index contributed by atoms with van der Waals surface area (Å²) in [5.41, 5.74) is -0.125. The van der Waals surface area contributed by atoms with E-state index in [0.29, 0.717) is 23.0 Å². The Morgan fingerprint density at radius 3 is 2.86 bits per heavy atom. The fraction of sp³-hybridized carbons (Fsp3) is 0.385. The van der Waals surface area contributed by atoms with Crippen molar-refractivity contribution in [3.05, 3.63) is 33.1 Å². The molecule has 0 aliphatic carbocycles. The second-order valence-electron chi connectivity index (χ2n) is 4.99. The van der Waals surface area contributed by atoms with E-state index in [1.165, 1.54) is 17.0 Å². The van der Waals surface area contributed by atoms with Crippen molar-refractivity contribution in [3.8, 4) is 0 Å². The van der Waals surface area contributed by atoms with Gasteiger partial charge in [-0.05, 0) is 47.6 Å². The van der Waals surface area contributed by atoms with Crippen LogP contribution in [0.15, 0.2) is 18.2 Å². The van der Waals surface area contributed by atoms with E-state index >= 15 is 0 Å². The first-order valence-corrected chi connectivity index (χ1v) is 7.87. The van der Waals surface area contributed by atoms with Crippen LogP contribution in [0, 0.1) is 9.39 Å². The molecular formula is C13H15BFIN2O4. The summed E-state index contributed by atoms with van der Waals surface area (Å²) in [6.45, 7) is 0.0988. The van der Waals surface area contributed by atoms with Gasteiger partial charge < -0.3 is 20.3 Å². The van der Waals surface area contributed by atoms with Crippen molar-refractivity contribution in [3.63, 3.8) is 0 Å². The van der Waals surface area contributed by atoms with E-state index < -0.39 is 30.7 Å². The van der Waals surface area contributed by atoms with Gasteiger partial charge in [0.2, 0.25) is 5.91 Å². The summed E-state index contributed by atoms with van der Waals surface area (Å²) in [6.07, 6.45) is 1.18. The van der Waals surface area contributed by atoms with Crippen molar-refractivity contribution >= 4 is 41.5 Å². The third kappa shape index (κ3) is 3.76. The number of rotatable bonds is 4. The number of hydrogen-bond acceptors (Lipinski definition) is 4. The van der Waals surface area contributed by atoms with Crippen LogP contribution >= 0.6 is 22.6 Å². The maximum absolute atomic E-state index is 13.8. The van der Waals surface area contributed by atoms with Gasteiger partial charge in [0, 0.05) is 10.1 Å². The maximum atomic E-state index is 13.8. The summed E-state index contributed by atoms with van der Waals surface area (Å²) in [4.78, 5) is 25.3. The molecule has 1 saturated heterocycles. The van der Waals surface area contributed by atoms with Crippen LogP contribution < -0.4 is 5.32 Å². The first-order valence-electron chi connectivity index (χ1n) is 6.79. The van der Waals surface area contributed by atoms with Crippen LogP contribution in [0.3, 0.4) is 0 Å². The molecule has 1 atom stereocenters. The Labute approximate surface area is 141 Å². The molecule has 0 bridgehead atoms. The monoisotopic (exact) mass is 420 g/mol. The molecular weight excluding hydrogens is 405 g/mol. The Morgan fingerprint density at radius 1 is 1.45 bits per heavy atom. The standard InChI is InChI=1S/C13H15BFIN2O4/c15-12-8(3-1-4-9(12)16)13(20)17-7-11(19)18-6-2-5-10(18)14(21)22/h1,3-4,10,21-22H,2,5-7H2,(H,17,20). The van der Waals surface area contributed by atoms with Gasteiger partial charge in [0.15, 0.2) is 0 Å². The highest BCUT2D eigenvalue weighted by atomic mass is 127. The van der Waals surface area contributed by atoms with Crippen molar-refractivity contribution in [2.45, 2.75) is 18.8 Å². The number of benzene rings is 1. The second kappa shape index (κ2) is 7.38. The molecule has 2 amide bonds. The van der Waals surface area contributed by atoms with Gasteiger partial charge in [-0.15, -0.1) is 0 Å². The molecule has 118 valence electrons. The van der Waals surface area contributed by atoms with Gasteiger partial charge >= 0.3 is 7.12 Å². The highest BCUT2D eigenvalue weighted by Gasteiger charge is 2.36. The van der Waals surface area contributed by atoms with E-state index in [2.05, 4.69) is 5.32 Å². The molecule has 1 fully saturated rings. The summed E-state index contributed by atoms with van der Waals surface area (Å²) in [5, 5.41) is 20.8. The minimum atomic E-state index is -1.60. The Morgan fingerprint density at radius 2 is 2.18 bits per heavy atom. The van der Waals surface area contributed by atoms with Gasteiger partial charge in [-0.3, -0.25) is 9.59 Å². The van der Waals surface area contributed by atoms with Crippen LogP contribution in [-0.2, 0) is 4.79 Å². The minimum Gasteiger partial charge on any atom is -0.426 e. The SMILES string of the molecule is O=C(NCC(=O)N1CCCC1B(O)O)c1cccc(I)c1F. The lowest BCUT2D eigenvalue weighted by molar-refractivity contribution is -0.130. The van der Waals surface area contributed by atoms with Crippen molar-refractivity contribution in [2.24, 2.45) is 0 Å². The largest absolute Gasteiger partial charge is 0.475 e. The number of carbonyl (C=O) groups excluding carboxylic acids is 2. The number of amides is 2. The molecule has 6 nitrogen and oxygen atoms in total. The first-order chi connectivity index (χ1) is 10.4. The quantitative estimate of drug-likeness (QED) is 0.479. The topological polar surface area (TPSA) is 89.9 Å². The summed E-state index contributed by atoms with van der Waals surface area (Å²) < 4.78 is 14.1. The Kier molecular flexibility index (Phi) is 5.76. The molecule has 2 rings (SSSR count). The highest BCUT2D eigenvalue weighted by molar-refractivity contribution is 14.1. The zero-order chi connectivity index (χ0) is 16.3. The third-order valence-corrected chi connectivity index (χ3v) is 4.39. The molecule has 1 aromatic rings. The summed E-state index contributed by atoms with van der Waals surface area (Å²) >= 11 is 1.78. The second-order valence-corrected chi connectivity index (χ2v) is 6.16. The summed E-state index contributed by atoms with van der Waals surface area (Å²) in [6, 6.07) is 4.43. The molecule has 1 unspecified atom stereocenters. The summed E-state index contributed by atoms with van der Waals surface area (Å²) in [7, 11) is -1.60. The van der Waals surface area contributed by atoms with Crippen LogP contribution in [0.1, 0.15) is 23.2 Å². The maximum Gasteiger partial charge on any atom is 0.475 e. The van der Waals surface area contributed by atoms with E-state index in [1.54, 1.807) is 28.7 Å². The lowest BCUT2D eigenvalue weighted by Gasteiger charge is -2.24. The molecule has 22 heavy (non-hydrogen) atoms. The number of hydrogen-bond donors (Lipinski definition) is 3. The van der Waals surface area contributed by atoms with Crippen molar-refractivity contribution in [1.29, 1.82) is 0 Å². The van der Waals surface area contributed by atoms with Crippen LogP contribution in [0.25, 0.3) is 0 Å². The molecule has 0 saturated carbocycles. The van der Waals surface area contributed by atoms with Gasteiger partial charge in [-0.25, -0.2) is 4.39 Å². The van der Waals surface area contributed by atoms with Crippen LogP contribution in [0.2, 0.25) is 0 Å². The lowest BCUT2D eigenvalue weighted by atomic mass is 9.78. The van der Waals surface area contributed by atoms with E-state index in [9.17, 15) is 24.0 Å². The average molecular weight is 420 g/mol. The normalized spacial score (nSPS) is 17.5. The van der Waals surface area contributed by atoms with E-state index in [-0.39, 0.29) is 12.1 Å². The van der Waals surface area contributed by atoms with E-state index in [0.717, 1.165) is 0 Å². The molecule has 0 aromatic heterocycles. The van der Waals surface area contributed by atoms with E-state index in [1.807, 2.05) is 0 Å². The summed E-state index contributed by atoms with van der Waals surface area (Å²) in [5.74, 6) is -2.38. The van der Waals surface area contributed by atoms with E-state index in [4.69, 9.17) is 0 Å². The molecule has 1 aromatic carbocycles. The Hall–Kier alpha value is -1.20. The number of likely N-dealkylation sites (tertiary alicyclic amines) is 1. The van der Waals surface area contributed by atoms with Gasteiger partial charge in [0.05, 0.1) is 18.0 Å². The third-order valence-electron chi connectivity index (χ3n) is 3.56. The van der Waals surface area contributed by atoms with Crippen molar-refractivity contribution in [1.82, 2.24) is 10.2 Å². The fourth-order valence-corrected chi connectivity index (χ4v) is 2.94. The Balaban J connectivity index is 1.96. The number of halogens is 2. The highest BCUT2D eigenvalue weighted by Crippen LogP contribution is 2.18. The molecule has 0 radical (unpaired) electrons. The van der Waals surface area contributed by atoms with Crippen molar-refractivity contribution < 1.29 is 24.0 Å². The minimum absolute atomic E-state index is 0.125. The predicted octanol–water partition coefficient (Wildman–Crippen LogP) is 0.163. The first kappa shape index (κ1) is 17.2. The number of carbonyl (C=O) groups is 2. The zero-order valence-corrected chi connectivity index (χ0v) is 13.8. The predicted molar refractivity (Wildman–Crippen MR) is 86.4 cm³/mol. The molecule has 0 spiro atoms. The van der Waals surface area contributed by atoms with Gasteiger partial charge in [0.1, 0.15) is 5.82 Å². The lowest BCUT2D eigenvalue weighted by Crippen LogP contribution is -2.49. The fourth-order valence-electron chi connectivity index (χ4n) is 2.44.